The lowest BCUT2D eigenvalue weighted by atomic mass is 10.8. The molecule has 0 bridgehead atoms. The minimum atomic E-state index is 0.287. The molecule has 0 radical (unpaired) electrons. The van der Waals surface area contributed by atoms with Gasteiger partial charge in [-0.25, -0.2) is 0 Å². The molecule has 0 aliphatic carbocycles. The zero-order valence-corrected chi connectivity index (χ0v) is 4.05. The van der Waals surface area contributed by atoms with Gasteiger partial charge in [0, 0.05) is 0 Å². The fourth-order valence-corrected chi connectivity index (χ4v) is 0.620. The van der Waals surface area contributed by atoms with Gasteiger partial charge in [-0.15, -0.1) is 0 Å². The number of ether oxygens (including phenoxy) is 2. The molecule has 1 aliphatic heterocycles. The number of nitrogens with one attached hydrogen (secondary N) is 1. The maximum atomic E-state index is 4.90. The number of aromatic amines is 1. The van der Waals surface area contributed by atoms with Crippen LogP contribution in [0.2, 0.25) is 0 Å². The number of hydrogen-bond acceptors (Lipinski definition) is 3. The van der Waals surface area contributed by atoms with Crippen molar-refractivity contribution in [3.8, 4) is 11.8 Å². The molecule has 1 aliphatic rings. The Bertz CT molecular complexity index is 177. The summed E-state index contributed by atoms with van der Waals surface area (Å²) in [5.41, 5.74) is 0. The van der Waals surface area contributed by atoms with E-state index in [2.05, 4.69) is 9.97 Å². The summed E-state index contributed by atoms with van der Waals surface area (Å²) in [5, 5.41) is 0. The third kappa shape index (κ3) is 0.318. The molecule has 42 valence electrons. The molecule has 2 heterocycles. The quantitative estimate of drug-likeness (QED) is 0.519. The van der Waals surface area contributed by atoms with Crippen molar-refractivity contribution in [1.29, 1.82) is 0 Å². The van der Waals surface area contributed by atoms with Crippen LogP contribution in [0.15, 0.2) is 6.33 Å². The van der Waals surface area contributed by atoms with Gasteiger partial charge in [-0.3, -0.25) is 0 Å². The van der Waals surface area contributed by atoms with Gasteiger partial charge in [-0.2, -0.15) is 4.98 Å². The van der Waals surface area contributed by atoms with E-state index in [4.69, 9.17) is 9.47 Å². The highest BCUT2D eigenvalue weighted by atomic mass is 16.7. The summed E-state index contributed by atoms with van der Waals surface area (Å²) >= 11 is 0. The number of fused-ring (bicyclic) bond motifs is 1. The summed E-state index contributed by atoms with van der Waals surface area (Å²) in [5.74, 6) is 1.19. The van der Waals surface area contributed by atoms with Gasteiger partial charge in [0.05, 0.1) is 6.33 Å². The molecule has 0 saturated heterocycles. The largest absolute Gasteiger partial charge is 0.437 e. The molecule has 0 atom stereocenters. The molecule has 0 aromatic carbocycles. The van der Waals surface area contributed by atoms with Gasteiger partial charge in [-0.1, -0.05) is 0 Å². The van der Waals surface area contributed by atoms with E-state index in [0.29, 0.717) is 11.8 Å². The predicted molar refractivity (Wildman–Crippen MR) is 24.7 cm³/mol. The van der Waals surface area contributed by atoms with Crippen LogP contribution in [0.4, 0.5) is 0 Å². The SMILES string of the molecule is c1nc2c([nH]1)OCO2. The molecule has 1 aromatic rings. The van der Waals surface area contributed by atoms with E-state index in [1.54, 1.807) is 0 Å². The molecule has 0 spiro atoms. The zero-order valence-electron chi connectivity index (χ0n) is 4.05. The monoisotopic (exact) mass is 112 g/mol. The van der Waals surface area contributed by atoms with E-state index in [-0.39, 0.29) is 6.79 Å². The second-order valence-electron chi connectivity index (χ2n) is 1.44. The van der Waals surface area contributed by atoms with E-state index in [0.717, 1.165) is 0 Å². The van der Waals surface area contributed by atoms with Crippen molar-refractivity contribution >= 4 is 0 Å². The lowest BCUT2D eigenvalue weighted by Crippen LogP contribution is -1.95. The summed E-state index contributed by atoms with van der Waals surface area (Å²) in [7, 11) is 0. The number of H-pyrrole nitrogens is 1. The first-order chi connectivity index (χ1) is 3.97. The van der Waals surface area contributed by atoms with Crippen molar-refractivity contribution in [2.24, 2.45) is 0 Å². The van der Waals surface area contributed by atoms with Crippen molar-refractivity contribution in [3.63, 3.8) is 0 Å². The molecular weight excluding hydrogens is 108 g/mol. The molecule has 1 aromatic heterocycles. The lowest BCUT2D eigenvalue weighted by Gasteiger charge is -1.85. The number of rotatable bonds is 0. The van der Waals surface area contributed by atoms with E-state index < -0.39 is 0 Å². The van der Waals surface area contributed by atoms with E-state index in [1.165, 1.54) is 6.33 Å². The van der Waals surface area contributed by atoms with Crippen LogP contribution >= 0.6 is 0 Å². The molecule has 0 unspecified atom stereocenters. The van der Waals surface area contributed by atoms with Crippen molar-refractivity contribution in [1.82, 2.24) is 9.97 Å². The summed E-state index contributed by atoms with van der Waals surface area (Å²) in [6.07, 6.45) is 1.53. The summed E-state index contributed by atoms with van der Waals surface area (Å²) < 4.78 is 9.77. The van der Waals surface area contributed by atoms with E-state index in [1.807, 2.05) is 0 Å². The van der Waals surface area contributed by atoms with Crippen LogP contribution in [0.3, 0.4) is 0 Å². The Morgan fingerprint density at radius 1 is 1.62 bits per heavy atom. The molecule has 0 fully saturated rings. The van der Waals surface area contributed by atoms with Crippen LogP contribution in [0.5, 0.6) is 11.8 Å². The minimum absolute atomic E-state index is 0.287. The normalized spacial score (nSPS) is 14.5. The topological polar surface area (TPSA) is 47.1 Å². The van der Waals surface area contributed by atoms with Crippen molar-refractivity contribution < 1.29 is 9.47 Å². The third-order valence-electron chi connectivity index (χ3n) is 0.971. The smallest absolute Gasteiger partial charge is 0.280 e. The summed E-state index contributed by atoms with van der Waals surface area (Å²) in [6, 6.07) is 0. The van der Waals surface area contributed by atoms with Crippen LogP contribution in [-0.2, 0) is 0 Å². The molecule has 4 nitrogen and oxygen atoms in total. The second kappa shape index (κ2) is 1.15. The Hall–Kier alpha value is -1.19. The zero-order chi connectivity index (χ0) is 5.40. The average Bonchev–Trinajstić information content (AvgIpc) is 2.15. The van der Waals surface area contributed by atoms with Crippen LogP contribution in [0.25, 0.3) is 0 Å². The third-order valence-corrected chi connectivity index (χ3v) is 0.971. The molecule has 8 heavy (non-hydrogen) atoms. The molecular formula is C4H4N2O2. The van der Waals surface area contributed by atoms with Gasteiger partial charge >= 0.3 is 0 Å². The van der Waals surface area contributed by atoms with Gasteiger partial charge in [0.2, 0.25) is 6.79 Å². The van der Waals surface area contributed by atoms with Gasteiger partial charge in [-0.05, 0) is 0 Å². The number of aromatic nitrogens is 2. The van der Waals surface area contributed by atoms with Gasteiger partial charge in [0.15, 0.2) is 0 Å². The first-order valence-corrected chi connectivity index (χ1v) is 2.26. The molecule has 4 heteroatoms. The lowest BCUT2D eigenvalue weighted by molar-refractivity contribution is 0.166. The fourth-order valence-electron chi connectivity index (χ4n) is 0.620. The summed E-state index contributed by atoms with van der Waals surface area (Å²) in [4.78, 5) is 6.55. The number of hydrogen-bond donors (Lipinski definition) is 1. The highest BCUT2D eigenvalue weighted by Gasteiger charge is 2.14. The maximum absolute atomic E-state index is 4.90. The first-order valence-electron chi connectivity index (χ1n) is 2.26. The Balaban J connectivity index is 2.54. The molecule has 1 N–H and O–H groups in total. The van der Waals surface area contributed by atoms with E-state index in [9.17, 15) is 0 Å². The Labute approximate surface area is 45.4 Å². The highest BCUT2D eigenvalue weighted by molar-refractivity contribution is 5.26. The Kier molecular flexibility index (Phi) is 0.542. The van der Waals surface area contributed by atoms with Crippen LogP contribution in [-0.4, -0.2) is 16.8 Å². The van der Waals surface area contributed by atoms with E-state index >= 15 is 0 Å². The van der Waals surface area contributed by atoms with Crippen LogP contribution in [0, 0.1) is 0 Å². The highest BCUT2D eigenvalue weighted by Crippen LogP contribution is 2.25. The predicted octanol–water partition coefficient (Wildman–Crippen LogP) is 0.138. The van der Waals surface area contributed by atoms with Crippen molar-refractivity contribution in [3.05, 3.63) is 6.33 Å². The average molecular weight is 112 g/mol. The van der Waals surface area contributed by atoms with Crippen LogP contribution in [0.1, 0.15) is 0 Å². The standard InChI is InChI=1S/C4H4N2O2/c1-5-3-4(6-1)8-2-7-3/h1H,2H2,(H,5,6). The summed E-state index contributed by atoms with van der Waals surface area (Å²) in [6.45, 7) is 0.287. The Morgan fingerprint density at radius 2 is 2.62 bits per heavy atom. The fraction of sp³-hybridized carbons (Fsp3) is 0.250. The number of nitrogens with zero attached hydrogens (tertiary/aromatic N) is 1. The van der Waals surface area contributed by atoms with Gasteiger partial charge in [0.25, 0.3) is 11.8 Å². The molecule has 0 amide bonds. The van der Waals surface area contributed by atoms with Crippen LogP contribution < -0.4 is 9.47 Å². The Morgan fingerprint density at radius 3 is 3.50 bits per heavy atom. The van der Waals surface area contributed by atoms with Crippen molar-refractivity contribution in [2.45, 2.75) is 0 Å². The van der Waals surface area contributed by atoms with Gasteiger partial charge < -0.3 is 14.5 Å². The maximum Gasteiger partial charge on any atom is 0.280 e. The molecule has 2 rings (SSSR count). The minimum Gasteiger partial charge on any atom is -0.437 e. The second-order valence-corrected chi connectivity index (χ2v) is 1.44. The van der Waals surface area contributed by atoms with Crippen molar-refractivity contribution in [2.75, 3.05) is 6.79 Å². The van der Waals surface area contributed by atoms with Gasteiger partial charge in [0.1, 0.15) is 0 Å². The molecule has 0 saturated carbocycles. The first kappa shape index (κ1) is 3.77. The number of imidazole rings is 1.